The number of ether oxygens (including phenoxy) is 3. The molecule has 0 unspecified atom stereocenters. The molecule has 5 rings (SSSR count). The fraction of sp³-hybridized carbons (Fsp3) is 0.0625. The van der Waals surface area contributed by atoms with E-state index in [-0.39, 0.29) is 6.71 Å². The average molecular weight is 303 g/mol. The van der Waals surface area contributed by atoms with Crippen molar-refractivity contribution < 1.29 is 14.2 Å². The highest BCUT2D eigenvalue weighted by Crippen LogP contribution is 2.40. The molecule has 0 N–H and O–H groups in total. The molecule has 6 nitrogen and oxygen atoms in total. The molecule has 0 atom stereocenters. The van der Waals surface area contributed by atoms with Crippen LogP contribution in [0.3, 0.4) is 0 Å². The zero-order valence-electron chi connectivity index (χ0n) is 12.2. The number of aliphatic imine (C=N–C) groups is 1. The van der Waals surface area contributed by atoms with Gasteiger partial charge in [-0.05, 0) is 13.6 Å². The second-order valence-electron chi connectivity index (χ2n) is 5.48. The maximum absolute atomic E-state index is 5.97. The summed E-state index contributed by atoms with van der Waals surface area (Å²) in [6, 6.07) is 0. The van der Waals surface area contributed by atoms with Crippen molar-refractivity contribution >= 4 is 24.4 Å². The van der Waals surface area contributed by atoms with Gasteiger partial charge in [0.15, 0.2) is 0 Å². The first-order valence-electron chi connectivity index (χ1n) is 7.14. The Morgan fingerprint density at radius 3 is 2.13 bits per heavy atom. The Bertz CT molecular complexity index is 952. The van der Waals surface area contributed by atoms with Gasteiger partial charge in [0.05, 0.1) is 31.0 Å². The van der Waals surface area contributed by atoms with Crippen molar-refractivity contribution in [2.75, 3.05) is 0 Å². The van der Waals surface area contributed by atoms with E-state index in [1.807, 2.05) is 6.92 Å². The quantitative estimate of drug-likeness (QED) is 0.587. The van der Waals surface area contributed by atoms with Crippen LogP contribution in [-0.4, -0.2) is 23.4 Å². The molecule has 0 fully saturated rings. The summed E-state index contributed by atoms with van der Waals surface area (Å²) < 4.78 is 17.9. The van der Waals surface area contributed by atoms with Gasteiger partial charge in [0.2, 0.25) is 0 Å². The molecule has 5 heterocycles. The van der Waals surface area contributed by atoms with E-state index in [9.17, 15) is 0 Å². The number of pyridine rings is 2. The predicted octanol–water partition coefficient (Wildman–Crippen LogP) is 1.33. The van der Waals surface area contributed by atoms with Crippen molar-refractivity contribution in [3.8, 4) is 23.0 Å². The van der Waals surface area contributed by atoms with E-state index < -0.39 is 0 Å². The lowest BCUT2D eigenvalue weighted by Gasteiger charge is -2.37. The molecule has 2 aromatic rings. The molecule has 110 valence electrons. The smallest absolute Gasteiger partial charge is 0.270 e. The number of nitrogens with zero attached hydrogens (tertiary/aromatic N) is 3. The van der Waals surface area contributed by atoms with Crippen LogP contribution in [-0.2, 0) is 0 Å². The van der Waals surface area contributed by atoms with Gasteiger partial charge in [-0.1, -0.05) is 0 Å². The summed E-state index contributed by atoms with van der Waals surface area (Å²) in [6.07, 6.45) is 8.38. The standard InChI is InChI=1S/C16H10BN3O3/c1-8-14-9(3-18-2)22-12-6-20-7-13-16(12)17(14)15-10(21-8)4-19-5-11(15)23-13/h3-7H,2H2,1H3/b9-3+. The van der Waals surface area contributed by atoms with Crippen molar-refractivity contribution in [2.45, 2.75) is 6.92 Å². The SMILES string of the molecule is C=N/C=C1/Oc2cncc3c2B2C1=C(C)Oc1cncc(c12)O3. The summed E-state index contributed by atoms with van der Waals surface area (Å²) in [5.74, 6) is 4.09. The zero-order chi connectivity index (χ0) is 15.6. The fourth-order valence-corrected chi connectivity index (χ4v) is 3.40. The first-order valence-corrected chi connectivity index (χ1v) is 7.14. The second kappa shape index (κ2) is 4.22. The topological polar surface area (TPSA) is 65.8 Å². The second-order valence-corrected chi connectivity index (χ2v) is 5.48. The van der Waals surface area contributed by atoms with Crippen molar-refractivity contribution in [1.82, 2.24) is 9.97 Å². The molecular formula is C16H10BN3O3. The molecule has 7 heteroatoms. The number of allylic oxidation sites excluding steroid dienone is 2. The molecule has 0 saturated carbocycles. The Morgan fingerprint density at radius 2 is 1.52 bits per heavy atom. The van der Waals surface area contributed by atoms with Crippen LogP contribution in [0.15, 0.2) is 53.0 Å². The first kappa shape index (κ1) is 12.5. The molecule has 0 bridgehead atoms. The van der Waals surface area contributed by atoms with Crippen molar-refractivity contribution in [3.05, 3.63) is 48.0 Å². The van der Waals surface area contributed by atoms with Gasteiger partial charge < -0.3 is 14.2 Å². The van der Waals surface area contributed by atoms with Crippen LogP contribution in [0.25, 0.3) is 0 Å². The van der Waals surface area contributed by atoms with Gasteiger partial charge in [0.1, 0.15) is 34.5 Å². The third-order valence-corrected chi connectivity index (χ3v) is 4.25. The summed E-state index contributed by atoms with van der Waals surface area (Å²) in [7, 11) is 0. The number of hydrogen-bond donors (Lipinski definition) is 0. The molecular weight excluding hydrogens is 293 g/mol. The van der Waals surface area contributed by atoms with Gasteiger partial charge in [-0.15, -0.1) is 0 Å². The Balaban J connectivity index is 1.91. The molecule has 0 radical (unpaired) electrons. The normalized spacial score (nSPS) is 18.0. The van der Waals surface area contributed by atoms with Crippen LogP contribution in [0, 0.1) is 0 Å². The van der Waals surface area contributed by atoms with Crippen LogP contribution < -0.4 is 25.1 Å². The van der Waals surface area contributed by atoms with Crippen LogP contribution in [0.4, 0.5) is 0 Å². The molecule has 0 amide bonds. The monoisotopic (exact) mass is 303 g/mol. The number of hydrogen-bond acceptors (Lipinski definition) is 6. The van der Waals surface area contributed by atoms with E-state index in [4.69, 9.17) is 14.2 Å². The van der Waals surface area contributed by atoms with Gasteiger partial charge in [-0.2, -0.15) is 0 Å². The van der Waals surface area contributed by atoms with E-state index in [0.717, 1.165) is 22.2 Å². The maximum Gasteiger partial charge on any atom is 0.270 e. The maximum atomic E-state index is 5.97. The van der Waals surface area contributed by atoms with Crippen LogP contribution in [0.5, 0.6) is 23.0 Å². The summed E-state index contributed by atoms with van der Waals surface area (Å²) in [6.45, 7) is 5.39. The highest BCUT2D eigenvalue weighted by atomic mass is 16.5. The Morgan fingerprint density at radius 1 is 0.957 bits per heavy atom. The van der Waals surface area contributed by atoms with E-state index in [1.54, 1.807) is 31.0 Å². The number of aromatic nitrogens is 2. The summed E-state index contributed by atoms with van der Waals surface area (Å²) in [5, 5.41) is 0. The minimum atomic E-state index is -0.0414. The molecule has 0 aromatic carbocycles. The molecule has 23 heavy (non-hydrogen) atoms. The third kappa shape index (κ3) is 1.51. The van der Waals surface area contributed by atoms with Crippen LogP contribution >= 0.6 is 0 Å². The van der Waals surface area contributed by atoms with E-state index in [2.05, 4.69) is 21.7 Å². The highest BCUT2D eigenvalue weighted by Gasteiger charge is 2.47. The Labute approximate surface area is 132 Å². The lowest BCUT2D eigenvalue weighted by molar-refractivity contribution is 0.387. The van der Waals surface area contributed by atoms with E-state index >= 15 is 0 Å². The third-order valence-electron chi connectivity index (χ3n) is 4.25. The Hall–Kier alpha value is -3.09. The lowest BCUT2D eigenvalue weighted by atomic mass is 9.33. The van der Waals surface area contributed by atoms with Crippen LogP contribution in [0.1, 0.15) is 6.92 Å². The average Bonchev–Trinajstić information content (AvgIpc) is 2.55. The molecule has 3 aliphatic heterocycles. The highest BCUT2D eigenvalue weighted by molar-refractivity contribution is 6.94. The summed E-state index contributed by atoms with van der Waals surface area (Å²) >= 11 is 0. The molecule has 3 aliphatic rings. The van der Waals surface area contributed by atoms with Gasteiger partial charge in [-0.3, -0.25) is 15.0 Å². The lowest BCUT2D eigenvalue weighted by Crippen LogP contribution is -2.54. The number of rotatable bonds is 1. The summed E-state index contributed by atoms with van der Waals surface area (Å²) in [5.41, 5.74) is 2.85. The first-order chi connectivity index (χ1) is 11.3. The van der Waals surface area contributed by atoms with Crippen molar-refractivity contribution in [1.29, 1.82) is 0 Å². The zero-order valence-corrected chi connectivity index (χ0v) is 12.2. The molecule has 0 spiro atoms. The largest absolute Gasteiger partial charge is 0.461 e. The minimum absolute atomic E-state index is 0.0414. The van der Waals surface area contributed by atoms with Crippen molar-refractivity contribution in [2.24, 2.45) is 4.99 Å². The van der Waals surface area contributed by atoms with Gasteiger partial charge in [0.25, 0.3) is 6.71 Å². The van der Waals surface area contributed by atoms with E-state index in [0.29, 0.717) is 28.8 Å². The van der Waals surface area contributed by atoms with Crippen LogP contribution in [0.2, 0.25) is 0 Å². The van der Waals surface area contributed by atoms with Crippen molar-refractivity contribution in [3.63, 3.8) is 0 Å². The van der Waals surface area contributed by atoms with Gasteiger partial charge in [0, 0.05) is 16.4 Å². The van der Waals surface area contributed by atoms with E-state index in [1.165, 1.54) is 0 Å². The molecule has 2 aromatic heterocycles. The Kier molecular flexibility index (Phi) is 2.29. The van der Waals surface area contributed by atoms with Gasteiger partial charge >= 0.3 is 0 Å². The summed E-state index contributed by atoms with van der Waals surface area (Å²) in [4.78, 5) is 12.3. The predicted molar refractivity (Wildman–Crippen MR) is 85.2 cm³/mol. The molecule has 0 aliphatic carbocycles. The molecule has 0 saturated heterocycles. The van der Waals surface area contributed by atoms with Gasteiger partial charge in [-0.25, -0.2) is 0 Å². The fourth-order valence-electron chi connectivity index (χ4n) is 3.40. The minimum Gasteiger partial charge on any atom is -0.461 e.